The number of aryl methyl sites for hydroxylation is 2. The predicted octanol–water partition coefficient (Wildman–Crippen LogP) is 5.10. The summed E-state index contributed by atoms with van der Waals surface area (Å²) in [6, 6.07) is 20.1. The second-order valence-corrected chi connectivity index (χ2v) is 8.03. The Hall–Kier alpha value is -3.47. The third-order valence-corrected chi connectivity index (χ3v) is 6.06. The van der Waals surface area contributed by atoms with E-state index in [9.17, 15) is 4.79 Å². The van der Waals surface area contributed by atoms with Gasteiger partial charge in [-0.3, -0.25) is 9.48 Å². The van der Waals surface area contributed by atoms with E-state index in [0.29, 0.717) is 18.0 Å². The van der Waals surface area contributed by atoms with Crippen molar-refractivity contribution in [3.8, 4) is 11.3 Å². The van der Waals surface area contributed by atoms with E-state index in [2.05, 4.69) is 24.2 Å². The number of carbonyl (C=O) groups excluding carboxylic acids is 1. The zero-order valence-electron chi connectivity index (χ0n) is 17.5. The Balaban J connectivity index is 1.71. The van der Waals surface area contributed by atoms with Crippen molar-refractivity contribution in [2.75, 3.05) is 11.4 Å². The normalized spacial score (nSPS) is 16.0. The predicted molar refractivity (Wildman–Crippen MR) is 120 cm³/mol. The molecule has 1 amide bonds. The van der Waals surface area contributed by atoms with Gasteiger partial charge in [-0.1, -0.05) is 55.5 Å². The fourth-order valence-electron chi connectivity index (χ4n) is 4.48. The summed E-state index contributed by atoms with van der Waals surface area (Å²) in [5.74, 6) is 0.456. The quantitative estimate of drug-likeness (QED) is 0.474. The first-order valence-electron chi connectivity index (χ1n) is 10.3. The molecule has 1 unspecified atom stereocenters. The van der Waals surface area contributed by atoms with Gasteiger partial charge in [0.1, 0.15) is 0 Å². The number of fused-ring (bicyclic) bond motifs is 2. The lowest BCUT2D eigenvalue weighted by molar-refractivity contribution is 0.0986. The number of nitrogens with zero attached hydrogens (tertiary/aromatic N) is 4. The summed E-state index contributed by atoms with van der Waals surface area (Å²) < 4.78 is 1.76. The van der Waals surface area contributed by atoms with Gasteiger partial charge in [-0.05, 0) is 37.0 Å². The van der Waals surface area contributed by atoms with Gasteiger partial charge < -0.3 is 4.90 Å². The lowest BCUT2D eigenvalue weighted by Gasteiger charge is -2.33. The fraction of sp³-hybridized carbons (Fsp3) is 0.240. The molecule has 5 heteroatoms. The molecule has 0 radical (unpaired) electrons. The smallest absolute Gasteiger partial charge is 0.259 e. The highest BCUT2D eigenvalue weighted by Crippen LogP contribution is 2.37. The molecule has 0 saturated heterocycles. The van der Waals surface area contributed by atoms with Crippen molar-refractivity contribution in [2.24, 2.45) is 7.05 Å². The van der Waals surface area contributed by atoms with Crippen molar-refractivity contribution >= 4 is 22.6 Å². The molecule has 1 aliphatic rings. The van der Waals surface area contributed by atoms with E-state index in [1.165, 1.54) is 5.56 Å². The molecule has 0 spiro atoms. The molecule has 30 heavy (non-hydrogen) atoms. The second-order valence-electron chi connectivity index (χ2n) is 8.03. The molecule has 0 saturated carbocycles. The van der Waals surface area contributed by atoms with E-state index in [1.807, 2.05) is 67.4 Å². The van der Waals surface area contributed by atoms with Crippen LogP contribution in [0.4, 0.5) is 5.69 Å². The first kappa shape index (κ1) is 18.6. The Labute approximate surface area is 176 Å². The Bertz CT molecular complexity index is 1260. The molecule has 1 aliphatic heterocycles. The number of anilines is 1. The van der Waals surface area contributed by atoms with Crippen LogP contribution in [-0.4, -0.2) is 27.2 Å². The number of rotatable bonds is 2. The van der Waals surface area contributed by atoms with Crippen LogP contribution in [0, 0.1) is 6.92 Å². The van der Waals surface area contributed by atoms with Gasteiger partial charge in [0.25, 0.3) is 5.91 Å². The lowest BCUT2D eigenvalue weighted by atomic mass is 9.91. The summed E-state index contributed by atoms with van der Waals surface area (Å²) >= 11 is 0. The first-order valence-corrected chi connectivity index (χ1v) is 10.3. The minimum absolute atomic E-state index is 0.00929. The number of amides is 1. The third-order valence-electron chi connectivity index (χ3n) is 6.06. The van der Waals surface area contributed by atoms with Gasteiger partial charge in [-0.25, -0.2) is 4.98 Å². The van der Waals surface area contributed by atoms with E-state index in [4.69, 9.17) is 4.98 Å². The summed E-state index contributed by atoms with van der Waals surface area (Å²) in [6.45, 7) is 4.88. The van der Waals surface area contributed by atoms with Gasteiger partial charge in [0, 0.05) is 24.8 Å². The highest BCUT2D eigenvalue weighted by Gasteiger charge is 2.29. The average molecular weight is 396 g/mol. The summed E-state index contributed by atoms with van der Waals surface area (Å²) in [5.41, 5.74) is 6.22. The largest absolute Gasteiger partial charge is 0.308 e. The molecule has 0 bridgehead atoms. The number of para-hydroxylation sites is 1. The molecular weight excluding hydrogens is 372 g/mol. The maximum atomic E-state index is 13.9. The van der Waals surface area contributed by atoms with Gasteiger partial charge in [-0.2, -0.15) is 5.10 Å². The highest BCUT2D eigenvalue weighted by atomic mass is 16.2. The molecule has 2 aromatic heterocycles. The van der Waals surface area contributed by atoms with Gasteiger partial charge in [0.2, 0.25) is 0 Å². The number of hydrogen-bond acceptors (Lipinski definition) is 3. The summed E-state index contributed by atoms with van der Waals surface area (Å²) in [4.78, 5) is 20.7. The van der Waals surface area contributed by atoms with Crippen molar-refractivity contribution in [1.82, 2.24) is 14.8 Å². The van der Waals surface area contributed by atoms with Gasteiger partial charge in [0.15, 0.2) is 5.65 Å². The van der Waals surface area contributed by atoms with Crippen LogP contribution in [-0.2, 0) is 7.05 Å². The van der Waals surface area contributed by atoms with Crippen LogP contribution in [0.1, 0.15) is 40.9 Å². The molecular formula is C25H24N4O. The van der Waals surface area contributed by atoms with Gasteiger partial charge >= 0.3 is 0 Å². The monoisotopic (exact) mass is 396 g/mol. The maximum absolute atomic E-state index is 13.9. The third kappa shape index (κ3) is 2.89. The molecule has 0 aliphatic carbocycles. The molecule has 1 atom stereocenters. The molecule has 0 fully saturated rings. The number of hydrogen-bond donors (Lipinski definition) is 0. The summed E-state index contributed by atoms with van der Waals surface area (Å²) in [7, 11) is 1.88. The van der Waals surface area contributed by atoms with Crippen LogP contribution in [0.2, 0.25) is 0 Å². The maximum Gasteiger partial charge on any atom is 0.259 e. The minimum atomic E-state index is 0.00929. The number of benzene rings is 2. The van der Waals surface area contributed by atoms with E-state index in [1.54, 1.807) is 4.68 Å². The molecule has 0 N–H and O–H groups in total. The Kier molecular flexibility index (Phi) is 4.39. The molecule has 4 aromatic rings. The first-order chi connectivity index (χ1) is 14.5. The van der Waals surface area contributed by atoms with E-state index < -0.39 is 0 Å². The summed E-state index contributed by atoms with van der Waals surface area (Å²) in [5, 5.41) is 5.38. The average Bonchev–Trinajstić information content (AvgIpc) is 3.07. The topological polar surface area (TPSA) is 51.0 Å². The van der Waals surface area contributed by atoms with Crippen molar-refractivity contribution in [2.45, 2.75) is 26.2 Å². The molecule has 3 heterocycles. The van der Waals surface area contributed by atoms with Crippen LogP contribution in [0.3, 0.4) is 0 Å². The molecule has 2 aromatic carbocycles. The molecule has 5 nitrogen and oxygen atoms in total. The van der Waals surface area contributed by atoms with E-state index >= 15 is 0 Å². The number of carbonyl (C=O) groups is 1. The Morgan fingerprint density at radius 2 is 1.80 bits per heavy atom. The SMILES string of the molecule is Cc1nn(C)c2nc(-c3ccccc3)cc(C(=O)N3CCC(C)c4ccccc43)c12. The van der Waals surface area contributed by atoms with Gasteiger partial charge in [-0.15, -0.1) is 0 Å². The van der Waals surface area contributed by atoms with Crippen molar-refractivity contribution in [1.29, 1.82) is 0 Å². The minimum Gasteiger partial charge on any atom is -0.308 e. The van der Waals surface area contributed by atoms with Crippen LogP contribution < -0.4 is 4.90 Å². The van der Waals surface area contributed by atoms with Crippen LogP contribution in [0.15, 0.2) is 60.7 Å². The van der Waals surface area contributed by atoms with Crippen molar-refractivity contribution in [3.05, 3.63) is 77.5 Å². The zero-order chi connectivity index (χ0) is 20.8. The Morgan fingerprint density at radius 3 is 2.60 bits per heavy atom. The van der Waals surface area contributed by atoms with Crippen LogP contribution >= 0.6 is 0 Å². The number of pyridine rings is 1. The molecule has 5 rings (SSSR count). The highest BCUT2D eigenvalue weighted by molar-refractivity contribution is 6.15. The van der Waals surface area contributed by atoms with Crippen molar-refractivity contribution in [3.63, 3.8) is 0 Å². The van der Waals surface area contributed by atoms with E-state index in [0.717, 1.165) is 40.1 Å². The standard InChI is InChI=1S/C25H24N4O/c1-16-13-14-29(22-12-8-7-11-19(16)22)25(30)20-15-21(18-9-5-4-6-10-18)26-24-23(20)17(2)27-28(24)3/h4-12,15-16H,13-14H2,1-3H3. The Morgan fingerprint density at radius 1 is 1.07 bits per heavy atom. The van der Waals surface area contributed by atoms with Gasteiger partial charge in [0.05, 0.1) is 22.3 Å². The fourth-order valence-corrected chi connectivity index (χ4v) is 4.48. The number of aromatic nitrogens is 3. The van der Waals surface area contributed by atoms with Crippen molar-refractivity contribution < 1.29 is 4.79 Å². The van der Waals surface area contributed by atoms with E-state index in [-0.39, 0.29) is 5.91 Å². The van der Waals surface area contributed by atoms with Crippen LogP contribution in [0.25, 0.3) is 22.3 Å². The lowest BCUT2D eigenvalue weighted by Crippen LogP contribution is -2.36. The zero-order valence-corrected chi connectivity index (χ0v) is 17.5. The second kappa shape index (κ2) is 7.10. The summed E-state index contributed by atoms with van der Waals surface area (Å²) in [6.07, 6.45) is 0.953. The van der Waals surface area contributed by atoms with Crippen LogP contribution in [0.5, 0.6) is 0 Å². The molecule has 150 valence electrons.